The molecular formula is C18H22N8O. The first kappa shape index (κ1) is 18.5. The molecule has 0 saturated carbocycles. The van der Waals surface area contributed by atoms with Gasteiger partial charge in [0.1, 0.15) is 11.8 Å². The molecule has 0 unspecified atom stereocenters. The number of nitriles is 1. The van der Waals surface area contributed by atoms with Crippen molar-refractivity contribution < 1.29 is 4.79 Å². The van der Waals surface area contributed by atoms with Crippen molar-refractivity contribution in [2.24, 2.45) is 5.92 Å². The zero-order valence-electron chi connectivity index (χ0n) is 15.1. The van der Waals surface area contributed by atoms with Crippen LogP contribution in [0.3, 0.4) is 0 Å². The summed E-state index contributed by atoms with van der Waals surface area (Å²) < 4.78 is 0. The summed E-state index contributed by atoms with van der Waals surface area (Å²) in [5.74, 6) is 0.750. The summed E-state index contributed by atoms with van der Waals surface area (Å²) in [6, 6.07) is 7.09. The molecule has 9 nitrogen and oxygen atoms in total. The van der Waals surface area contributed by atoms with Gasteiger partial charge >= 0.3 is 0 Å². The van der Waals surface area contributed by atoms with E-state index in [2.05, 4.69) is 36.4 Å². The van der Waals surface area contributed by atoms with E-state index in [0.29, 0.717) is 28.8 Å². The number of pyridine rings is 1. The van der Waals surface area contributed by atoms with Crippen molar-refractivity contribution in [1.82, 2.24) is 25.8 Å². The number of aromatic nitrogens is 3. The Hall–Kier alpha value is -3.25. The molecule has 4 N–H and O–H groups in total. The molecular weight excluding hydrogens is 344 g/mol. The average Bonchev–Trinajstić information content (AvgIpc) is 2.73. The second kappa shape index (κ2) is 8.91. The fourth-order valence-electron chi connectivity index (χ4n) is 2.90. The number of nitrogens with one attached hydrogen (secondary N) is 4. The topological polar surface area (TPSA) is 128 Å². The van der Waals surface area contributed by atoms with Crippen molar-refractivity contribution in [2.45, 2.75) is 12.8 Å². The van der Waals surface area contributed by atoms with Crippen molar-refractivity contribution in [2.75, 3.05) is 37.3 Å². The number of piperidine rings is 1. The second-order valence-electron chi connectivity index (χ2n) is 6.31. The lowest BCUT2D eigenvalue weighted by molar-refractivity contribution is 0.0958. The minimum atomic E-state index is -0.290. The number of nitrogens with zero attached hydrogens (tertiary/aromatic N) is 4. The third kappa shape index (κ3) is 4.89. The van der Waals surface area contributed by atoms with Crippen LogP contribution in [0.2, 0.25) is 0 Å². The highest BCUT2D eigenvalue weighted by Crippen LogP contribution is 2.21. The third-order valence-corrected chi connectivity index (χ3v) is 4.43. The van der Waals surface area contributed by atoms with Gasteiger partial charge in [0.05, 0.1) is 17.6 Å². The van der Waals surface area contributed by atoms with E-state index in [1.54, 1.807) is 31.4 Å². The van der Waals surface area contributed by atoms with Crippen LogP contribution in [0, 0.1) is 17.2 Å². The predicted octanol–water partition coefficient (Wildman–Crippen LogP) is 1.26. The zero-order valence-corrected chi connectivity index (χ0v) is 15.1. The molecule has 1 amide bonds. The smallest absolute Gasteiger partial charge is 0.273 e. The molecule has 0 atom stereocenters. The number of carbonyl (C=O) groups is 1. The van der Waals surface area contributed by atoms with Crippen molar-refractivity contribution in [3.63, 3.8) is 0 Å². The summed E-state index contributed by atoms with van der Waals surface area (Å²) in [6.07, 6.45) is 3.75. The highest BCUT2D eigenvalue weighted by Gasteiger charge is 2.17. The molecule has 0 spiro atoms. The van der Waals surface area contributed by atoms with Gasteiger partial charge in [-0.25, -0.2) is 4.98 Å². The van der Waals surface area contributed by atoms with Gasteiger partial charge in [-0.3, -0.25) is 4.79 Å². The lowest BCUT2D eigenvalue weighted by Gasteiger charge is -2.23. The molecule has 1 saturated heterocycles. The molecule has 0 radical (unpaired) electrons. The van der Waals surface area contributed by atoms with Crippen molar-refractivity contribution in [1.29, 1.82) is 5.26 Å². The van der Waals surface area contributed by atoms with Gasteiger partial charge in [-0.05, 0) is 44.0 Å². The van der Waals surface area contributed by atoms with Crippen LogP contribution in [0.25, 0.3) is 0 Å². The van der Waals surface area contributed by atoms with Crippen LogP contribution >= 0.6 is 0 Å². The predicted molar refractivity (Wildman–Crippen MR) is 102 cm³/mol. The van der Waals surface area contributed by atoms with Crippen LogP contribution in [0.15, 0.2) is 24.4 Å². The molecule has 3 rings (SSSR count). The average molecular weight is 366 g/mol. The number of hydrogen-bond acceptors (Lipinski definition) is 8. The summed E-state index contributed by atoms with van der Waals surface area (Å²) in [5, 5.41) is 29.3. The first-order valence-electron chi connectivity index (χ1n) is 8.87. The van der Waals surface area contributed by atoms with E-state index in [-0.39, 0.29) is 11.6 Å². The molecule has 1 aliphatic rings. The number of amides is 1. The molecule has 9 heteroatoms. The molecule has 2 aromatic heterocycles. The van der Waals surface area contributed by atoms with Crippen LogP contribution in [0.1, 0.15) is 29.0 Å². The van der Waals surface area contributed by atoms with E-state index < -0.39 is 0 Å². The van der Waals surface area contributed by atoms with Gasteiger partial charge in [-0.15, -0.1) is 10.2 Å². The number of rotatable bonds is 6. The largest absolute Gasteiger partial charge is 0.383 e. The highest BCUT2D eigenvalue weighted by atomic mass is 16.1. The molecule has 3 heterocycles. The van der Waals surface area contributed by atoms with E-state index >= 15 is 0 Å². The molecule has 140 valence electrons. The molecule has 27 heavy (non-hydrogen) atoms. The van der Waals surface area contributed by atoms with Crippen molar-refractivity contribution >= 4 is 23.1 Å². The third-order valence-electron chi connectivity index (χ3n) is 4.43. The van der Waals surface area contributed by atoms with Gasteiger partial charge in [0.15, 0.2) is 11.5 Å². The molecule has 2 aromatic rings. The highest BCUT2D eigenvalue weighted by molar-refractivity contribution is 5.97. The normalized spacial score (nSPS) is 14.2. The number of carbonyl (C=O) groups excluding carboxylic acids is 1. The van der Waals surface area contributed by atoms with Gasteiger partial charge in [0, 0.05) is 19.7 Å². The summed E-state index contributed by atoms with van der Waals surface area (Å²) in [6.45, 7) is 2.80. The summed E-state index contributed by atoms with van der Waals surface area (Å²) in [4.78, 5) is 16.1. The summed E-state index contributed by atoms with van der Waals surface area (Å²) in [5.41, 5.74) is 1.91. The first-order valence-corrected chi connectivity index (χ1v) is 8.87. The monoisotopic (exact) mass is 366 g/mol. The Kier molecular flexibility index (Phi) is 6.12. The van der Waals surface area contributed by atoms with Gasteiger partial charge < -0.3 is 21.3 Å². The van der Waals surface area contributed by atoms with Crippen LogP contribution in [-0.2, 0) is 0 Å². The maximum Gasteiger partial charge on any atom is 0.273 e. The minimum Gasteiger partial charge on any atom is -0.383 e. The minimum absolute atomic E-state index is 0.259. The number of hydrogen-bond donors (Lipinski definition) is 4. The van der Waals surface area contributed by atoms with Crippen LogP contribution in [0.5, 0.6) is 0 Å². The van der Waals surface area contributed by atoms with Gasteiger partial charge in [-0.2, -0.15) is 5.26 Å². The zero-order chi connectivity index (χ0) is 19.1. The van der Waals surface area contributed by atoms with Gasteiger partial charge in [-0.1, -0.05) is 0 Å². The summed E-state index contributed by atoms with van der Waals surface area (Å²) in [7, 11) is 1.56. The first-order chi connectivity index (χ1) is 13.2. The molecule has 0 bridgehead atoms. The maximum absolute atomic E-state index is 12.1. The Morgan fingerprint density at radius 1 is 1.33 bits per heavy atom. The summed E-state index contributed by atoms with van der Waals surface area (Å²) >= 11 is 0. The van der Waals surface area contributed by atoms with Gasteiger partial charge in [0.25, 0.3) is 5.91 Å². The Balaban J connectivity index is 1.76. The molecule has 0 aromatic carbocycles. The van der Waals surface area contributed by atoms with Crippen molar-refractivity contribution in [3.05, 3.63) is 35.8 Å². The Labute approximate surface area is 157 Å². The molecule has 1 aliphatic heterocycles. The lowest BCUT2D eigenvalue weighted by atomic mass is 9.98. The van der Waals surface area contributed by atoms with Crippen molar-refractivity contribution in [3.8, 4) is 6.07 Å². The Morgan fingerprint density at radius 2 is 2.15 bits per heavy atom. The van der Waals surface area contributed by atoms with E-state index in [1.807, 2.05) is 6.07 Å². The number of anilines is 3. The van der Waals surface area contributed by atoms with Gasteiger partial charge in [0.2, 0.25) is 0 Å². The van der Waals surface area contributed by atoms with E-state index in [0.717, 1.165) is 32.5 Å². The van der Waals surface area contributed by atoms with Crippen LogP contribution in [-0.4, -0.2) is 47.8 Å². The quantitative estimate of drug-likeness (QED) is 0.602. The fourth-order valence-corrected chi connectivity index (χ4v) is 2.90. The lowest BCUT2D eigenvalue weighted by Crippen LogP contribution is -2.31. The van der Waals surface area contributed by atoms with E-state index in [1.165, 1.54) is 0 Å². The standard InChI is InChI=1S/C18H22N8O/c1-20-18(27)17-15(23-10-12-4-6-21-7-5-12)8-16(25-26-17)24-14-3-2-13(9-19)22-11-14/h2-3,8,11-12,21H,4-7,10H2,1H3,(H,20,27)(H2,23,24,25). The fraction of sp³-hybridized carbons (Fsp3) is 0.389. The maximum atomic E-state index is 12.1. The van der Waals surface area contributed by atoms with Crippen LogP contribution < -0.4 is 21.3 Å². The second-order valence-corrected chi connectivity index (χ2v) is 6.31. The molecule has 0 aliphatic carbocycles. The van der Waals surface area contributed by atoms with E-state index in [4.69, 9.17) is 5.26 Å². The Morgan fingerprint density at radius 3 is 2.81 bits per heavy atom. The van der Waals surface area contributed by atoms with Crippen LogP contribution in [0.4, 0.5) is 17.2 Å². The SMILES string of the molecule is CNC(=O)c1nnc(Nc2ccc(C#N)nc2)cc1NCC1CCNCC1. The molecule has 1 fully saturated rings. The van der Waals surface area contributed by atoms with E-state index in [9.17, 15) is 4.79 Å². The Bertz CT molecular complexity index is 824.